The number of hydrogen-bond donors (Lipinski definition) is 0. The van der Waals surface area contributed by atoms with Crippen molar-refractivity contribution in [1.29, 1.82) is 0 Å². The molecule has 0 spiro atoms. The molecule has 0 heterocycles. The van der Waals surface area contributed by atoms with Crippen molar-refractivity contribution in [2.75, 3.05) is 72.3 Å². The van der Waals surface area contributed by atoms with Crippen LogP contribution in [0.2, 0.25) is 0 Å². The zero-order valence-electron chi connectivity index (χ0n) is 28.1. The normalized spacial score (nSPS) is 9.68. The van der Waals surface area contributed by atoms with Crippen LogP contribution in [0, 0.1) is 0 Å². The van der Waals surface area contributed by atoms with Crippen molar-refractivity contribution < 1.29 is 83.8 Å². The van der Waals surface area contributed by atoms with E-state index >= 15 is 0 Å². The fourth-order valence-corrected chi connectivity index (χ4v) is 3.35. The maximum absolute atomic E-state index is 11.6. The van der Waals surface area contributed by atoms with E-state index in [1.165, 1.54) is 44.9 Å². The molecule has 1 amide bonds. The summed E-state index contributed by atoms with van der Waals surface area (Å²) in [5.41, 5.74) is 1.61. The summed E-state index contributed by atoms with van der Waals surface area (Å²) < 4.78 is 14.7. The average molecular weight is 877 g/mol. The van der Waals surface area contributed by atoms with Crippen molar-refractivity contribution in [3.63, 3.8) is 0 Å². The number of amides is 1. The predicted octanol–water partition coefficient (Wildman–Crippen LogP) is 1.90. The van der Waals surface area contributed by atoms with Gasteiger partial charge in [-0.25, -0.2) is 0 Å². The molecule has 3 aromatic rings. The van der Waals surface area contributed by atoms with Crippen LogP contribution in [0.5, 0.6) is 34.5 Å². The van der Waals surface area contributed by atoms with Gasteiger partial charge in [0, 0.05) is 52.4 Å². The minimum Gasteiger partial charge on any atom is -0.870 e. The van der Waals surface area contributed by atoms with Gasteiger partial charge in [-0.1, -0.05) is 53.6 Å². The van der Waals surface area contributed by atoms with E-state index in [-0.39, 0.29) is 66.7 Å². The fraction of sp³-hybridized carbons (Fsp3) is 0.333. The number of ether oxygens (including phenoxy) is 3. The van der Waals surface area contributed by atoms with E-state index in [0.717, 1.165) is 6.41 Å². The van der Waals surface area contributed by atoms with E-state index in [1.54, 1.807) is 68.7 Å². The van der Waals surface area contributed by atoms with Gasteiger partial charge in [0.25, 0.3) is 0 Å². The Labute approximate surface area is 342 Å². The number of hydrogen-bond acceptors (Lipinski definition) is 13. The first kappa shape index (κ1) is 54.2. The minimum absolute atomic E-state index is 0. The molecule has 17 heteroatoms. The quantitative estimate of drug-likeness (QED) is 0.108. The fourth-order valence-electron chi connectivity index (χ4n) is 3.03. The monoisotopic (exact) mass is 874 g/mol. The van der Waals surface area contributed by atoms with E-state index < -0.39 is 0 Å². The maximum Gasteiger partial charge on any atom is 2.00 e. The van der Waals surface area contributed by atoms with Gasteiger partial charge < -0.3 is 72.3 Å². The third-order valence-electron chi connectivity index (χ3n) is 5.25. The summed E-state index contributed by atoms with van der Waals surface area (Å²) >= 11 is 14.2. The molecule has 0 aliphatic rings. The number of methoxy groups -OCH3 is 3. The number of aliphatic imine (C=N–C) groups is 3. The Morgan fingerprint density at radius 1 is 0.580 bits per heavy atom. The van der Waals surface area contributed by atoms with Crippen molar-refractivity contribution in [2.24, 2.45) is 15.0 Å². The molecule has 282 valence electrons. The second kappa shape index (κ2) is 34.9. The Bertz CT molecular complexity index is 1250. The molecule has 0 atom stereocenters. The van der Waals surface area contributed by atoms with Gasteiger partial charge in [0.1, 0.15) is 17.2 Å². The summed E-state index contributed by atoms with van der Waals surface area (Å²) in [6, 6.07) is 15.3. The molecule has 0 aliphatic carbocycles. The van der Waals surface area contributed by atoms with Gasteiger partial charge >= 0.3 is 49.5 Å². The van der Waals surface area contributed by atoms with E-state index in [0.29, 0.717) is 70.8 Å². The first-order valence-corrected chi connectivity index (χ1v) is 15.8. The van der Waals surface area contributed by atoms with Crippen molar-refractivity contribution >= 4 is 62.9 Å². The van der Waals surface area contributed by atoms with Crippen LogP contribution in [0.1, 0.15) is 16.7 Å². The van der Waals surface area contributed by atoms with Gasteiger partial charge in [0.2, 0.25) is 6.41 Å². The Kier molecular flexibility index (Phi) is 37.9. The SMILES string of the molecule is CN(C)C=O.COc1cccc(C=NCC[S-])c1[O-].COc1cccc(C=NCC[S-])c1[O-].COc1cccc(C=NCC[S-])c1[O-].[Ni+2].[Ni+2].[Ni+2]. The molecular weight excluding hydrogens is 837 g/mol. The predicted molar refractivity (Wildman–Crippen MR) is 191 cm³/mol. The second-order valence-electron chi connectivity index (χ2n) is 8.92. The minimum atomic E-state index is -0.136. The Morgan fingerprint density at radius 2 is 0.820 bits per heavy atom. The average Bonchev–Trinajstić information content (AvgIpc) is 3.08. The Balaban J connectivity index is -0.000000289. The number of rotatable bonds is 13. The number of carbonyl (C=O) groups excluding carboxylic acids is 1. The molecule has 0 radical (unpaired) electrons. The first-order chi connectivity index (χ1) is 22.6. The van der Waals surface area contributed by atoms with Crippen LogP contribution in [-0.2, 0) is 92.2 Å². The van der Waals surface area contributed by atoms with Crippen LogP contribution in [0.25, 0.3) is 0 Å². The number of para-hydroxylation sites is 3. The van der Waals surface area contributed by atoms with Crippen LogP contribution >= 0.6 is 0 Å². The molecule has 0 unspecified atom stereocenters. The summed E-state index contributed by atoms with van der Waals surface area (Å²) in [5, 5.41) is 34.7. The smallest absolute Gasteiger partial charge is 0.870 e. The summed E-state index contributed by atoms with van der Waals surface area (Å²) in [4.78, 5) is 22.9. The molecule has 0 aromatic heterocycles. The molecular formula is C33H40N4Ni3O7S3. The van der Waals surface area contributed by atoms with Gasteiger partial charge in [-0.3, -0.25) is 19.8 Å². The van der Waals surface area contributed by atoms with Crippen molar-refractivity contribution in [1.82, 2.24) is 4.90 Å². The molecule has 11 nitrogen and oxygen atoms in total. The van der Waals surface area contributed by atoms with Crippen LogP contribution in [0.3, 0.4) is 0 Å². The molecule has 0 saturated carbocycles. The first-order valence-electron chi connectivity index (χ1n) is 14.0. The molecule has 3 aromatic carbocycles. The molecule has 0 saturated heterocycles. The second-order valence-corrected chi connectivity index (χ2v) is 10.1. The molecule has 0 bridgehead atoms. The number of benzene rings is 3. The summed E-state index contributed by atoms with van der Waals surface area (Å²) in [7, 11) is 7.79. The van der Waals surface area contributed by atoms with Gasteiger partial charge in [0.05, 0.1) is 21.3 Å². The van der Waals surface area contributed by atoms with Crippen LogP contribution in [0.15, 0.2) is 69.6 Å². The number of nitrogens with zero attached hydrogens (tertiary/aromatic N) is 4. The zero-order valence-corrected chi connectivity index (χ0v) is 33.5. The Morgan fingerprint density at radius 3 is 1.00 bits per heavy atom. The van der Waals surface area contributed by atoms with Crippen molar-refractivity contribution in [3.8, 4) is 34.5 Å². The van der Waals surface area contributed by atoms with Gasteiger partial charge in [-0.05, 0) is 34.9 Å². The maximum atomic E-state index is 11.6. The van der Waals surface area contributed by atoms with Gasteiger partial charge in [0.15, 0.2) is 0 Å². The topological polar surface area (TPSA) is 154 Å². The van der Waals surface area contributed by atoms with Crippen molar-refractivity contribution in [3.05, 3.63) is 71.3 Å². The van der Waals surface area contributed by atoms with E-state index in [1.807, 2.05) is 0 Å². The molecule has 3 rings (SSSR count). The summed E-state index contributed by atoms with van der Waals surface area (Å²) in [6.45, 7) is 1.68. The van der Waals surface area contributed by atoms with Crippen LogP contribution in [0.4, 0.5) is 0 Å². The third kappa shape index (κ3) is 23.0. The third-order valence-corrected chi connectivity index (χ3v) is 5.80. The van der Waals surface area contributed by atoms with E-state index in [2.05, 4.69) is 15.0 Å². The molecule has 50 heavy (non-hydrogen) atoms. The summed E-state index contributed by atoms with van der Waals surface area (Å²) in [6.07, 6.45) is 5.37. The van der Waals surface area contributed by atoms with Crippen LogP contribution < -0.4 is 29.5 Å². The van der Waals surface area contributed by atoms with Gasteiger partial charge in [-0.2, -0.15) is 17.3 Å². The summed E-state index contributed by atoms with van der Waals surface area (Å²) in [5.74, 6) is 2.30. The van der Waals surface area contributed by atoms with Gasteiger partial charge in [-0.15, -0.1) is 0 Å². The molecule has 0 fully saturated rings. The van der Waals surface area contributed by atoms with Crippen LogP contribution in [-0.4, -0.2) is 102 Å². The standard InChI is InChI=1S/3C10H13NO2S.C3H7NO.3Ni/c3*1-13-9-4-2-3-8(10(9)12)7-11-5-6-14;1-4(2)3-5;;;/h3*2-4,7,12,14H,5-6H2,1H3;3H,1-2H3;;;/q;;;;3*+2/p-6. The van der Waals surface area contributed by atoms with Crippen molar-refractivity contribution in [2.45, 2.75) is 0 Å². The van der Waals surface area contributed by atoms with E-state index in [4.69, 9.17) is 52.1 Å². The molecule has 0 aliphatic heterocycles. The van der Waals surface area contributed by atoms with E-state index in [9.17, 15) is 20.1 Å². The zero-order chi connectivity index (χ0) is 35.5. The Hall–Kier alpha value is -2.53. The molecule has 0 N–H and O–H groups in total. The number of carbonyl (C=O) groups is 1. The largest absolute Gasteiger partial charge is 2.00 e.